The Bertz CT molecular complexity index is 540. The molecule has 1 saturated carbocycles. The van der Waals surface area contributed by atoms with Crippen LogP contribution in [0.5, 0.6) is 0 Å². The van der Waals surface area contributed by atoms with Crippen molar-refractivity contribution < 1.29 is 8.42 Å². The predicted molar refractivity (Wildman–Crippen MR) is 77.3 cm³/mol. The second kappa shape index (κ2) is 4.89. The third-order valence-corrected chi connectivity index (χ3v) is 6.55. The van der Waals surface area contributed by atoms with Crippen LogP contribution in [0.3, 0.4) is 0 Å². The second-order valence-corrected chi connectivity index (χ2v) is 8.53. The number of hydrogen-bond donors (Lipinski definition) is 2. The molecule has 1 aromatic rings. The number of hydrazine groups is 1. The van der Waals surface area contributed by atoms with Gasteiger partial charge in [0.2, 0.25) is 0 Å². The van der Waals surface area contributed by atoms with Gasteiger partial charge in [0, 0.05) is 12.3 Å². The lowest BCUT2D eigenvalue weighted by Gasteiger charge is -2.32. The third-order valence-electron chi connectivity index (χ3n) is 4.38. The molecule has 1 aliphatic carbocycles. The molecule has 3 unspecified atom stereocenters. The van der Waals surface area contributed by atoms with Gasteiger partial charge in [-0.2, -0.15) is 0 Å². The third kappa shape index (κ3) is 2.68. The molecule has 1 aliphatic rings. The van der Waals surface area contributed by atoms with Gasteiger partial charge in [0.05, 0.1) is 4.75 Å². The molecule has 0 saturated heterocycles. The zero-order chi connectivity index (χ0) is 14.3. The van der Waals surface area contributed by atoms with Crippen molar-refractivity contribution >= 4 is 9.84 Å². The number of nitrogens with one attached hydrogen (secondary N) is 1. The molecular weight excluding hydrogens is 260 g/mol. The summed E-state index contributed by atoms with van der Waals surface area (Å²) in [4.78, 5) is 0. The Balaban J connectivity index is 2.19. The van der Waals surface area contributed by atoms with Gasteiger partial charge in [-0.05, 0) is 37.7 Å². The van der Waals surface area contributed by atoms with Crippen molar-refractivity contribution in [1.29, 1.82) is 0 Å². The molecule has 2 rings (SSSR count). The minimum Gasteiger partial charge on any atom is -0.271 e. The van der Waals surface area contributed by atoms with Crippen molar-refractivity contribution in [2.24, 2.45) is 11.8 Å². The van der Waals surface area contributed by atoms with Crippen LogP contribution in [0.4, 0.5) is 0 Å². The summed E-state index contributed by atoms with van der Waals surface area (Å²) in [5.41, 5.74) is 3.99. The van der Waals surface area contributed by atoms with Crippen molar-refractivity contribution in [1.82, 2.24) is 5.43 Å². The van der Waals surface area contributed by atoms with Crippen molar-refractivity contribution in [2.45, 2.75) is 37.0 Å². The summed E-state index contributed by atoms with van der Waals surface area (Å²) in [7, 11) is -3.17. The van der Waals surface area contributed by atoms with E-state index in [-0.39, 0.29) is 12.0 Å². The zero-order valence-electron chi connectivity index (χ0n) is 11.6. The van der Waals surface area contributed by atoms with E-state index in [0.29, 0.717) is 5.92 Å². The maximum absolute atomic E-state index is 11.9. The quantitative estimate of drug-likeness (QED) is 0.633. The predicted octanol–water partition coefficient (Wildman–Crippen LogP) is 1.45. The first-order chi connectivity index (χ1) is 8.79. The van der Waals surface area contributed by atoms with Gasteiger partial charge in [-0.1, -0.05) is 30.3 Å². The van der Waals surface area contributed by atoms with E-state index in [0.717, 1.165) is 6.42 Å². The highest BCUT2D eigenvalue weighted by molar-refractivity contribution is 7.92. The van der Waals surface area contributed by atoms with Crippen LogP contribution in [0.15, 0.2) is 30.3 Å². The second-order valence-electron chi connectivity index (χ2n) is 5.94. The topological polar surface area (TPSA) is 72.2 Å². The normalized spacial score (nSPS) is 25.1. The largest absolute Gasteiger partial charge is 0.271 e. The van der Waals surface area contributed by atoms with E-state index in [1.165, 1.54) is 11.8 Å². The fourth-order valence-electron chi connectivity index (χ4n) is 2.74. The van der Waals surface area contributed by atoms with Crippen molar-refractivity contribution in [3.63, 3.8) is 0 Å². The van der Waals surface area contributed by atoms with Gasteiger partial charge >= 0.3 is 0 Å². The van der Waals surface area contributed by atoms with Crippen LogP contribution in [-0.4, -0.2) is 25.5 Å². The molecule has 3 atom stereocenters. The molecule has 1 aromatic carbocycles. The van der Waals surface area contributed by atoms with Crippen LogP contribution in [-0.2, 0) is 9.84 Å². The van der Waals surface area contributed by atoms with Crippen molar-refractivity contribution in [3.05, 3.63) is 35.9 Å². The average molecular weight is 282 g/mol. The minimum absolute atomic E-state index is 0.229. The number of nitrogens with two attached hydrogens (primary N) is 1. The maximum atomic E-state index is 11.9. The smallest absolute Gasteiger partial charge is 0.154 e. The first kappa shape index (κ1) is 14.5. The standard InChI is InChI=1S/C14H22N2O2S/c1-14(2,19(3,17)18)13(16-15)12-9-11(12)10-7-5-4-6-8-10/h4-8,11-13,16H,9,15H2,1-3H3. The summed E-state index contributed by atoms with van der Waals surface area (Å²) >= 11 is 0. The lowest BCUT2D eigenvalue weighted by atomic mass is 9.96. The number of rotatable bonds is 5. The van der Waals surface area contributed by atoms with Gasteiger partial charge in [-0.25, -0.2) is 8.42 Å². The van der Waals surface area contributed by atoms with E-state index in [4.69, 9.17) is 5.84 Å². The molecule has 106 valence electrons. The first-order valence-corrected chi connectivity index (χ1v) is 8.39. The lowest BCUT2D eigenvalue weighted by Crippen LogP contribution is -2.55. The highest BCUT2D eigenvalue weighted by Gasteiger charge is 2.52. The molecule has 0 heterocycles. The Hall–Kier alpha value is -0.910. The first-order valence-electron chi connectivity index (χ1n) is 6.49. The Labute approximate surface area is 115 Å². The molecule has 19 heavy (non-hydrogen) atoms. The molecule has 4 nitrogen and oxygen atoms in total. The SMILES string of the molecule is CC(C)(C(NN)C1CC1c1ccccc1)S(C)(=O)=O. The van der Waals surface area contributed by atoms with Crippen molar-refractivity contribution in [3.8, 4) is 0 Å². The molecule has 0 aliphatic heterocycles. The van der Waals surface area contributed by atoms with Gasteiger partial charge < -0.3 is 0 Å². The zero-order valence-corrected chi connectivity index (χ0v) is 12.4. The summed E-state index contributed by atoms with van der Waals surface area (Å²) in [6.45, 7) is 3.49. The summed E-state index contributed by atoms with van der Waals surface area (Å²) in [5, 5.41) is 0. The van der Waals surface area contributed by atoms with Crippen LogP contribution < -0.4 is 11.3 Å². The monoisotopic (exact) mass is 282 g/mol. The van der Waals surface area contributed by atoms with Gasteiger partial charge in [-0.15, -0.1) is 0 Å². The van der Waals surface area contributed by atoms with Gasteiger partial charge in [0.15, 0.2) is 9.84 Å². The fraction of sp³-hybridized carbons (Fsp3) is 0.571. The molecule has 5 heteroatoms. The number of sulfone groups is 1. The van der Waals surface area contributed by atoms with Crippen LogP contribution in [0.2, 0.25) is 0 Å². The molecule has 0 spiro atoms. The number of benzene rings is 1. The van der Waals surface area contributed by atoms with E-state index in [1.54, 1.807) is 13.8 Å². The van der Waals surface area contributed by atoms with Crippen LogP contribution in [0.1, 0.15) is 31.7 Å². The fourth-order valence-corrected chi connectivity index (χ4v) is 3.44. The summed E-state index contributed by atoms with van der Waals surface area (Å²) in [5.74, 6) is 6.30. The molecule has 3 N–H and O–H groups in total. The summed E-state index contributed by atoms with van der Waals surface area (Å²) in [6.07, 6.45) is 2.26. The van der Waals surface area contributed by atoms with E-state index in [1.807, 2.05) is 18.2 Å². The average Bonchev–Trinajstić information content (AvgIpc) is 3.09. The van der Waals surface area contributed by atoms with E-state index < -0.39 is 14.6 Å². The molecule has 1 fully saturated rings. The van der Waals surface area contributed by atoms with Gasteiger partial charge in [0.25, 0.3) is 0 Å². The maximum Gasteiger partial charge on any atom is 0.154 e. The van der Waals surface area contributed by atoms with E-state index in [9.17, 15) is 8.42 Å². The van der Waals surface area contributed by atoms with Crippen molar-refractivity contribution in [2.75, 3.05) is 6.26 Å². The highest BCUT2D eigenvalue weighted by Crippen LogP contribution is 2.52. The van der Waals surface area contributed by atoms with Crippen LogP contribution in [0.25, 0.3) is 0 Å². The Morgan fingerprint density at radius 1 is 1.32 bits per heavy atom. The molecular formula is C14H22N2O2S. The lowest BCUT2D eigenvalue weighted by molar-refractivity contribution is 0.373. The summed E-state index contributed by atoms with van der Waals surface area (Å²) < 4.78 is 23.0. The Kier molecular flexibility index (Phi) is 3.73. The highest BCUT2D eigenvalue weighted by atomic mass is 32.2. The molecule has 0 bridgehead atoms. The molecule has 0 aromatic heterocycles. The van der Waals surface area contributed by atoms with E-state index >= 15 is 0 Å². The van der Waals surface area contributed by atoms with E-state index in [2.05, 4.69) is 17.6 Å². The van der Waals surface area contributed by atoms with Crippen LogP contribution >= 0.6 is 0 Å². The molecule has 0 radical (unpaired) electrons. The number of hydrogen-bond acceptors (Lipinski definition) is 4. The Morgan fingerprint density at radius 2 is 1.89 bits per heavy atom. The Morgan fingerprint density at radius 3 is 2.37 bits per heavy atom. The molecule has 0 amide bonds. The van der Waals surface area contributed by atoms with Gasteiger partial charge in [0.1, 0.15) is 0 Å². The summed E-state index contributed by atoms with van der Waals surface area (Å²) in [6, 6.07) is 9.96. The van der Waals surface area contributed by atoms with Gasteiger partial charge in [-0.3, -0.25) is 11.3 Å². The minimum atomic E-state index is -3.17. The van der Waals surface area contributed by atoms with Crippen LogP contribution in [0, 0.1) is 5.92 Å².